The number of fused-ring (bicyclic) bond motifs is 1. The van der Waals surface area contributed by atoms with Gasteiger partial charge in [0.05, 0.1) is 17.9 Å². The average Bonchev–Trinajstić information content (AvgIpc) is 3.03. The van der Waals surface area contributed by atoms with Gasteiger partial charge in [-0.3, -0.25) is 4.79 Å². The first kappa shape index (κ1) is 15.5. The van der Waals surface area contributed by atoms with Crippen molar-refractivity contribution in [3.63, 3.8) is 0 Å². The van der Waals surface area contributed by atoms with E-state index in [1.54, 1.807) is 6.33 Å². The number of rotatable bonds is 4. The number of H-pyrrole nitrogens is 1. The van der Waals surface area contributed by atoms with Gasteiger partial charge < -0.3 is 9.88 Å². The molecule has 6 nitrogen and oxygen atoms in total. The fourth-order valence-electron chi connectivity index (χ4n) is 3.65. The number of aromatic amines is 1. The number of Topliss-reactive ketones (excluding diaryl/α,β-unsaturated/α-hetero) is 1. The molecule has 0 saturated heterocycles. The molecule has 1 saturated carbocycles. The summed E-state index contributed by atoms with van der Waals surface area (Å²) in [5, 5.41) is 9.76. The van der Waals surface area contributed by atoms with Gasteiger partial charge in [0.25, 0.3) is 0 Å². The molecule has 3 atom stereocenters. The maximum absolute atomic E-state index is 12.1. The number of anilines is 1. The lowest BCUT2D eigenvalue weighted by Crippen LogP contribution is -2.43. The molecule has 120 valence electrons. The summed E-state index contributed by atoms with van der Waals surface area (Å²) in [5.74, 6) is 1.44. The molecule has 23 heavy (non-hydrogen) atoms. The number of carbonyl (C=O) groups excluding carboxylic acids is 1. The summed E-state index contributed by atoms with van der Waals surface area (Å²) in [6, 6.07) is 4.20. The minimum atomic E-state index is -0.0122. The van der Waals surface area contributed by atoms with Gasteiger partial charge in [0.15, 0.2) is 0 Å². The minimum absolute atomic E-state index is 0.0122. The summed E-state index contributed by atoms with van der Waals surface area (Å²) in [7, 11) is 2.03. The predicted octanol–water partition coefficient (Wildman–Crippen LogP) is 2.68. The van der Waals surface area contributed by atoms with E-state index in [4.69, 9.17) is 5.26 Å². The molecule has 0 bridgehead atoms. The normalized spacial score (nSPS) is 24.3. The summed E-state index contributed by atoms with van der Waals surface area (Å²) < 4.78 is 0. The Morgan fingerprint density at radius 1 is 1.48 bits per heavy atom. The Labute approximate surface area is 135 Å². The molecule has 0 aromatic carbocycles. The fraction of sp³-hybridized carbons (Fsp3) is 0.529. The molecule has 2 aromatic heterocycles. The maximum Gasteiger partial charge on any atom is 0.150 e. The van der Waals surface area contributed by atoms with Crippen LogP contribution in [0.5, 0.6) is 0 Å². The maximum atomic E-state index is 12.1. The molecule has 1 aliphatic carbocycles. The number of nitrogens with zero attached hydrogens (tertiary/aromatic N) is 4. The molecule has 1 fully saturated rings. The Kier molecular flexibility index (Phi) is 4.28. The number of hydrogen-bond acceptors (Lipinski definition) is 5. The first-order valence-corrected chi connectivity index (χ1v) is 8.02. The Bertz CT molecular complexity index is 747. The van der Waals surface area contributed by atoms with Crippen LogP contribution in [0.1, 0.15) is 32.6 Å². The van der Waals surface area contributed by atoms with Gasteiger partial charge in [-0.25, -0.2) is 9.97 Å². The van der Waals surface area contributed by atoms with Gasteiger partial charge in [-0.1, -0.05) is 6.92 Å². The molecule has 0 amide bonds. The van der Waals surface area contributed by atoms with Crippen LogP contribution in [0.3, 0.4) is 0 Å². The fourth-order valence-corrected chi connectivity index (χ4v) is 3.65. The highest BCUT2D eigenvalue weighted by Crippen LogP contribution is 2.35. The van der Waals surface area contributed by atoms with Crippen molar-refractivity contribution in [1.29, 1.82) is 5.26 Å². The second-order valence-electron chi connectivity index (χ2n) is 6.40. The van der Waals surface area contributed by atoms with Crippen molar-refractivity contribution >= 4 is 22.6 Å². The summed E-state index contributed by atoms with van der Waals surface area (Å²) in [5.41, 5.74) is 0.822. The molecule has 6 heteroatoms. The Morgan fingerprint density at radius 3 is 3.09 bits per heavy atom. The van der Waals surface area contributed by atoms with Crippen molar-refractivity contribution in [2.45, 2.75) is 38.6 Å². The van der Waals surface area contributed by atoms with Crippen molar-refractivity contribution < 1.29 is 4.79 Å². The molecule has 2 heterocycles. The molecule has 2 aromatic rings. The van der Waals surface area contributed by atoms with E-state index in [1.165, 1.54) is 0 Å². The number of nitriles is 1. The number of carbonyl (C=O) groups is 1. The molecule has 3 rings (SSSR count). The van der Waals surface area contributed by atoms with Crippen LogP contribution >= 0.6 is 0 Å². The highest BCUT2D eigenvalue weighted by atomic mass is 16.1. The van der Waals surface area contributed by atoms with E-state index in [0.717, 1.165) is 36.1 Å². The first-order chi connectivity index (χ1) is 11.1. The third-order valence-corrected chi connectivity index (χ3v) is 5.03. The molecule has 1 aliphatic rings. The molecule has 2 unspecified atom stereocenters. The second kappa shape index (κ2) is 6.37. The van der Waals surface area contributed by atoms with Crippen molar-refractivity contribution in [2.75, 3.05) is 11.9 Å². The van der Waals surface area contributed by atoms with E-state index in [9.17, 15) is 4.79 Å². The smallest absolute Gasteiger partial charge is 0.150 e. The molecular formula is C17H21N5O. The molecule has 0 aliphatic heterocycles. The Hall–Kier alpha value is -2.42. The third kappa shape index (κ3) is 2.91. The van der Waals surface area contributed by atoms with Gasteiger partial charge in [-0.05, 0) is 31.2 Å². The lowest BCUT2D eigenvalue weighted by molar-refractivity contribution is -0.123. The van der Waals surface area contributed by atoms with Crippen molar-refractivity contribution in [3.05, 3.63) is 18.6 Å². The van der Waals surface area contributed by atoms with Gasteiger partial charge in [-0.15, -0.1) is 0 Å². The first-order valence-electron chi connectivity index (χ1n) is 8.02. The molecule has 1 N–H and O–H groups in total. The topological polar surface area (TPSA) is 85.7 Å². The Morgan fingerprint density at radius 2 is 2.30 bits per heavy atom. The predicted molar refractivity (Wildman–Crippen MR) is 87.8 cm³/mol. The monoisotopic (exact) mass is 311 g/mol. The van der Waals surface area contributed by atoms with Gasteiger partial charge in [0.1, 0.15) is 23.6 Å². The van der Waals surface area contributed by atoms with Crippen molar-refractivity contribution in [2.24, 2.45) is 11.8 Å². The third-order valence-electron chi connectivity index (χ3n) is 5.03. The minimum Gasteiger partial charge on any atom is -0.356 e. The van der Waals surface area contributed by atoms with E-state index in [1.807, 2.05) is 25.4 Å². The number of hydrogen-bond donors (Lipinski definition) is 1. The second-order valence-corrected chi connectivity index (χ2v) is 6.40. The zero-order valence-electron chi connectivity index (χ0n) is 13.5. The van der Waals surface area contributed by atoms with E-state index in [-0.39, 0.29) is 24.2 Å². The zero-order valence-corrected chi connectivity index (χ0v) is 13.5. The van der Waals surface area contributed by atoms with Crippen LogP contribution < -0.4 is 4.90 Å². The summed E-state index contributed by atoms with van der Waals surface area (Å²) >= 11 is 0. The quantitative estimate of drug-likeness (QED) is 0.938. The number of nitrogens with one attached hydrogen (secondary N) is 1. The SMILES string of the molecule is C[C@@H]1CCC(C(=O)CC#N)CC1N(C)c1ncnc2[nH]ccc12. The number of ketones is 1. The van der Waals surface area contributed by atoms with Crippen molar-refractivity contribution in [1.82, 2.24) is 15.0 Å². The lowest BCUT2D eigenvalue weighted by atomic mass is 9.76. The van der Waals surface area contributed by atoms with Gasteiger partial charge >= 0.3 is 0 Å². The van der Waals surface area contributed by atoms with Crippen LogP contribution in [-0.2, 0) is 4.79 Å². The van der Waals surface area contributed by atoms with Crippen molar-refractivity contribution in [3.8, 4) is 6.07 Å². The van der Waals surface area contributed by atoms with E-state index >= 15 is 0 Å². The van der Waals surface area contributed by atoms with Gasteiger partial charge in [-0.2, -0.15) is 5.26 Å². The lowest BCUT2D eigenvalue weighted by Gasteiger charge is -2.40. The van der Waals surface area contributed by atoms with Crippen LogP contribution in [0.15, 0.2) is 18.6 Å². The van der Waals surface area contributed by atoms with Crippen LogP contribution in [0.2, 0.25) is 0 Å². The highest BCUT2D eigenvalue weighted by Gasteiger charge is 2.34. The van der Waals surface area contributed by atoms with E-state index in [2.05, 4.69) is 26.8 Å². The largest absolute Gasteiger partial charge is 0.356 e. The van der Waals surface area contributed by atoms with Crippen LogP contribution in [0.25, 0.3) is 11.0 Å². The molecule has 0 radical (unpaired) electrons. The summed E-state index contributed by atoms with van der Waals surface area (Å²) in [6.07, 6.45) is 6.11. The van der Waals surface area contributed by atoms with Crippen LogP contribution in [-0.4, -0.2) is 33.8 Å². The van der Waals surface area contributed by atoms with E-state index in [0.29, 0.717) is 5.92 Å². The summed E-state index contributed by atoms with van der Waals surface area (Å²) in [6.45, 7) is 2.22. The van der Waals surface area contributed by atoms with Crippen LogP contribution in [0.4, 0.5) is 5.82 Å². The average molecular weight is 311 g/mol. The highest BCUT2D eigenvalue weighted by molar-refractivity contribution is 5.87. The molecular weight excluding hydrogens is 290 g/mol. The van der Waals surface area contributed by atoms with Crippen LogP contribution in [0, 0.1) is 23.2 Å². The van der Waals surface area contributed by atoms with E-state index < -0.39 is 0 Å². The summed E-state index contributed by atoms with van der Waals surface area (Å²) in [4.78, 5) is 26.1. The molecule has 0 spiro atoms. The number of aromatic nitrogens is 3. The Balaban J connectivity index is 1.85. The standard InChI is InChI=1S/C17H21N5O/c1-11-3-4-12(15(23)5-7-18)9-14(11)22(2)17-13-6-8-19-16(13)20-10-21-17/h6,8,10-12,14H,3-5,9H2,1-2H3,(H,19,20,21)/t11-,12?,14?/m1/s1. The van der Waals surface area contributed by atoms with Gasteiger partial charge in [0, 0.05) is 25.2 Å². The van der Waals surface area contributed by atoms with Gasteiger partial charge in [0.2, 0.25) is 0 Å². The zero-order chi connectivity index (χ0) is 16.4.